The van der Waals surface area contributed by atoms with E-state index in [-0.39, 0.29) is 31.9 Å². The van der Waals surface area contributed by atoms with Crippen molar-refractivity contribution < 1.29 is 23.1 Å². The highest BCUT2D eigenvalue weighted by atomic mass is 31.2. The summed E-state index contributed by atoms with van der Waals surface area (Å²) in [6.07, 6.45) is 4.92. The molecule has 0 saturated carbocycles. The number of aromatic nitrogens is 2. The normalized spacial score (nSPS) is 19.4. The van der Waals surface area contributed by atoms with Gasteiger partial charge in [-0.3, -0.25) is 9.13 Å². The lowest BCUT2D eigenvalue weighted by molar-refractivity contribution is -0.180. The first-order chi connectivity index (χ1) is 13.0. The van der Waals surface area contributed by atoms with Gasteiger partial charge in [0.15, 0.2) is 6.29 Å². The van der Waals surface area contributed by atoms with E-state index in [1.165, 1.54) is 16.5 Å². The third kappa shape index (κ3) is 7.20. The Morgan fingerprint density at radius 1 is 1.41 bits per heavy atom. The van der Waals surface area contributed by atoms with Gasteiger partial charge in [0, 0.05) is 18.6 Å². The molecule has 27 heavy (non-hydrogen) atoms. The first kappa shape index (κ1) is 21.8. The molecule has 10 heteroatoms. The summed E-state index contributed by atoms with van der Waals surface area (Å²) >= 11 is 0. The van der Waals surface area contributed by atoms with E-state index in [4.69, 9.17) is 24.3 Å². The van der Waals surface area contributed by atoms with Gasteiger partial charge in [-0.25, -0.2) is 4.79 Å². The Balaban J connectivity index is 2.18. The van der Waals surface area contributed by atoms with E-state index in [0.29, 0.717) is 6.61 Å². The van der Waals surface area contributed by atoms with Gasteiger partial charge < -0.3 is 24.3 Å². The van der Waals surface area contributed by atoms with Crippen LogP contribution in [0.25, 0.3) is 0 Å². The second kappa shape index (κ2) is 10.7. The topological polar surface area (TPSA) is 115 Å². The average Bonchev–Trinajstić information content (AvgIpc) is 2.63. The summed E-state index contributed by atoms with van der Waals surface area (Å²) in [4.78, 5) is 15.7. The largest absolute Gasteiger partial charge is 0.383 e. The van der Waals surface area contributed by atoms with Crippen molar-refractivity contribution in [2.24, 2.45) is 0 Å². The number of nitrogens with two attached hydrogens (primary N) is 1. The molecule has 0 bridgehead atoms. The minimum atomic E-state index is -3.38. The molecule has 2 N–H and O–H groups in total. The monoisotopic (exact) mass is 401 g/mol. The van der Waals surface area contributed by atoms with E-state index in [0.717, 1.165) is 19.3 Å². The number of hydrogen-bond donors (Lipinski definition) is 1. The van der Waals surface area contributed by atoms with Crippen LogP contribution in [-0.2, 0) is 29.6 Å². The molecule has 0 aliphatic carbocycles. The van der Waals surface area contributed by atoms with E-state index in [1.807, 2.05) is 0 Å². The fourth-order valence-corrected chi connectivity index (χ4v) is 3.99. The summed E-state index contributed by atoms with van der Waals surface area (Å²) < 4.78 is 36.1. The van der Waals surface area contributed by atoms with Crippen LogP contribution in [0.1, 0.15) is 33.1 Å². The zero-order chi connectivity index (χ0) is 19.7. The molecule has 0 amide bonds. The van der Waals surface area contributed by atoms with Crippen LogP contribution in [0.3, 0.4) is 0 Å². The molecule has 1 aliphatic heterocycles. The zero-order valence-electron chi connectivity index (χ0n) is 15.8. The Kier molecular flexibility index (Phi) is 8.66. The minimum absolute atomic E-state index is 0.150. The maximum Gasteiger partial charge on any atom is 0.353 e. The highest BCUT2D eigenvalue weighted by Gasteiger charge is 2.23. The number of hydrogen-bond acceptors (Lipinski definition) is 8. The fraction of sp³-hybridized carbons (Fsp3) is 0.647. The molecule has 1 aromatic rings. The molecule has 2 atom stereocenters. The number of ether oxygens (including phenoxy) is 2. The Morgan fingerprint density at radius 3 is 2.74 bits per heavy atom. The van der Waals surface area contributed by atoms with Crippen molar-refractivity contribution >= 4 is 13.4 Å². The lowest BCUT2D eigenvalue weighted by Gasteiger charge is -2.27. The fourth-order valence-electron chi connectivity index (χ4n) is 2.62. The summed E-state index contributed by atoms with van der Waals surface area (Å²) in [6.45, 7) is 4.77. The third-order valence-electron chi connectivity index (χ3n) is 3.84. The maximum absolute atomic E-state index is 12.7. The molecule has 2 rings (SSSR count). The summed E-state index contributed by atoms with van der Waals surface area (Å²) in [5, 5.41) is 0. The first-order valence-corrected chi connectivity index (χ1v) is 10.7. The highest BCUT2D eigenvalue weighted by molar-refractivity contribution is 7.57. The molecule has 9 nitrogen and oxygen atoms in total. The molecule has 0 radical (unpaired) electrons. The molecule has 1 aromatic heterocycles. The predicted octanol–water partition coefficient (Wildman–Crippen LogP) is 2.52. The lowest BCUT2D eigenvalue weighted by Crippen LogP contribution is -2.33. The van der Waals surface area contributed by atoms with Crippen LogP contribution >= 0.6 is 7.60 Å². The van der Waals surface area contributed by atoms with Gasteiger partial charge in [-0.15, -0.1) is 0 Å². The van der Waals surface area contributed by atoms with E-state index in [9.17, 15) is 9.36 Å². The summed E-state index contributed by atoms with van der Waals surface area (Å²) in [7, 11) is -3.38. The van der Waals surface area contributed by atoms with Crippen LogP contribution in [0.5, 0.6) is 0 Å². The standard InChI is InChI=1S/C17H28N3O6P/c1-3-24-27(22,25-4-2)12-9-14(26-16-7-5-6-11-23-16)13-20-10-8-15(18)19-17(20)21/h8-10,12,14,16H,3-7,11,13H2,1-2H3,(H2,18,19,21)/b12-9+/t14-,16+/m1/s1. The third-order valence-corrected chi connectivity index (χ3v) is 5.61. The predicted molar refractivity (Wildman–Crippen MR) is 101 cm³/mol. The van der Waals surface area contributed by atoms with Gasteiger partial charge in [0.1, 0.15) is 5.82 Å². The van der Waals surface area contributed by atoms with Crippen molar-refractivity contribution in [1.82, 2.24) is 9.55 Å². The van der Waals surface area contributed by atoms with Crippen molar-refractivity contribution in [1.29, 1.82) is 0 Å². The molecule has 1 aliphatic rings. The molecule has 152 valence electrons. The number of anilines is 1. The Labute approximate surface area is 159 Å². The number of nitrogen functional groups attached to an aromatic ring is 1. The first-order valence-electron chi connectivity index (χ1n) is 9.14. The van der Waals surface area contributed by atoms with E-state index < -0.39 is 19.4 Å². The summed E-state index contributed by atoms with van der Waals surface area (Å²) in [5.41, 5.74) is 5.04. The van der Waals surface area contributed by atoms with E-state index in [2.05, 4.69) is 4.98 Å². The molecular weight excluding hydrogens is 373 g/mol. The van der Waals surface area contributed by atoms with Gasteiger partial charge in [0.25, 0.3) is 0 Å². The summed E-state index contributed by atoms with van der Waals surface area (Å²) in [6, 6.07) is 1.53. The maximum atomic E-state index is 12.7. The van der Waals surface area contributed by atoms with Crippen molar-refractivity contribution in [2.45, 2.75) is 52.0 Å². The van der Waals surface area contributed by atoms with Crippen LogP contribution in [0.15, 0.2) is 29.0 Å². The number of rotatable bonds is 10. The van der Waals surface area contributed by atoms with E-state index >= 15 is 0 Å². The molecule has 1 saturated heterocycles. The lowest BCUT2D eigenvalue weighted by atomic mass is 10.2. The quantitative estimate of drug-likeness (QED) is 0.595. The van der Waals surface area contributed by atoms with Gasteiger partial charge in [-0.05, 0) is 45.3 Å². The molecular formula is C17H28N3O6P. The minimum Gasteiger partial charge on any atom is -0.383 e. The van der Waals surface area contributed by atoms with Crippen molar-refractivity contribution in [3.8, 4) is 0 Å². The van der Waals surface area contributed by atoms with Crippen LogP contribution in [-0.4, -0.2) is 41.8 Å². The second-order valence-corrected chi connectivity index (χ2v) is 7.87. The Bertz CT molecular complexity index is 707. The second-order valence-electron chi connectivity index (χ2n) is 5.97. The molecule has 1 fully saturated rings. The van der Waals surface area contributed by atoms with Crippen LogP contribution < -0.4 is 11.4 Å². The van der Waals surface area contributed by atoms with Crippen molar-refractivity contribution in [3.05, 3.63) is 34.6 Å². The van der Waals surface area contributed by atoms with Crippen molar-refractivity contribution in [3.63, 3.8) is 0 Å². The van der Waals surface area contributed by atoms with Gasteiger partial charge in [0.2, 0.25) is 0 Å². The van der Waals surface area contributed by atoms with Crippen molar-refractivity contribution in [2.75, 3.05) is 25.6 Å². The Hall–Kier alpha value is -1.51. The van der Waals surface area contributed by atoms with Gasteiger partial charge in [-0.1, -0.05) is 0 Å². The van der Waals surface area contributed by atoms with Crippen LogP contribution in [0, 0.1) is 0 Å². The summed E-state index contributed by atoms with van der Waals surface area (Å²) in [5.74, 6) is 1.53. The van der Waals surface area contributed by atoms with Gasteiger partial charge in [0.05, 0.1) is 25.9 Å². The van der Waals surface area contributed by atoms with Crippen LogP contribution in [0.4, 0.5) is 5.82 Å². The number of nitrogens with zero attached hydrogens (tertiary/aromatic N) is 2. The van der Waals surface area contributed by atoms with Gasteiger partial charge in [-0.2, -0.15) is 4.98 Å². The zero-order valence-corrected chi connectivity index (χ0v) is 16.7. The van der Waals surface area contributed by atoms with Crippen LogP contribution in [0.2, 0.25) is 0 Å². The smallest absolute Gasteiger partial charge is 0.353 e. The molecule has 0 spiro atoms. The molecule has 0 unspecified atom stereocenters. The Morgan fingerprint density at radius 2 is 2.15 bits per heavy atom. The molecule has 0 aromatic carbocycles. The van der Waals surface area contributed by atoms with E-state index in [1.54, 1.807) is 26.1 Å². The SMILES string of the molecule is CCOP(=O)(/C=C/[C@H](Cn1ccc(N)nc1=O)O[C@H]1CCCCO1)OCC. The molecule has 2 heterocycles. The highest BCUT2D eigenvalue weighted by Crippen LogP contribution is 2.49. The average molecular weight is 401 g/mol. The van der Waals surface area contributed by atoms with Gasteiger partial charge >= 0.3 is 13.3 Å².